The molecule has 0 heterocycles. The van der Waals surface area contributed by atoms with Crippen molar-refractivity contribution in [3.05, 3.63) is 0 Å². The van der Waals surface area contributed by atoms with E-state index in [-0.39, 0.29) is 0 Å². The first kappa shape index (κ1) is 10.4. The van der Waals surface area contributed by atoms with Gasteiger partial charge in [0.1, 0.15) is 0 Å². The van der Waals surface area contributed by atoms with E-state index in [9.17, 15) is 0 Å². The van der Waals surface area contributed by atoms with Crippen LogP contribution in [-0.2, 0) is 0 Å². The molecule has 0 nitrogen and oxygen atoms in total. The average Bonchev–Trinajstić information content (AvgIpc) is 1.94. The van der Waals surface area contributed by atoms with Crippen molar-refractivity contribution in [1.29, 1.82) is 0 Å². The molecule has 4 fully saturated rings. The lowest BCUT2D eigenvalue weighted by Crippen LogP contribution is -2.48. The van der Waals surface area contributed by atoms with Crippen molar-refractivity contribution < 1.29 is 0 Å². The highest BCUT2D eigenvalue weighted by molar-refractivity contribution is 6.76. The van der Waals surface area contributed by atoms with E-state index in [0.29, 0.717) is 0 Å². The molecule has 0 unspecified atom stereocenters. The van der Waals surface area contributed by atoms with Gasteiger partial charge in [-0.15, -0.1) is 0 Å². The van der Waals surface area contributed by atoms with Gasteiger partial charge < -0.3 is 0 Å². The van der Waals surface area contributed by atoms with Crippen LogP contribution in [0.2, 0.25) is 25.7 Å². The van der Waals surface area contributed by atoms with Crippen LogP contribution in [0.15, 0.2) is 0 Å². The van der Waals surface area contributed by atoms with Gasteiger partial charge in [-0.2, -0.15) is 0 Å². The summed E-state index contributed by atoms with van der Waals surface area (Å²) < 4.78 is 0. The fourth-order valence-corrected chi connectivity index (χ4v) is 8.31. The SMILES string of the molecule is C[Si](C)(C)CC12CC3CC(CC(C3)C1)C2. The molecular formula is C14H26Si. The third-order valence-corrected chi connectivity index (χ3v) is 6.88. The molecule has 4 rings (SSSR count). The largest absolute Gasteiger partial charge is 0.0695 e. The maximum absolute atomic E-state index is 2.57. The second-order valence-electron chi connectivity index (χ2n) is 8.15. The van der Waals surface area contributed by atoms with E-state index < -0.39 is 8.07 Å². The van der Waals surface area contributed by atoms with Crippen LogP contribution >= 0.6 is 0 Å². The van der Waals surface area contributed by atoms with Crippen LogP contribution in [0, 0.1) is 23.2 Å². The zero-order valence-electron chi connectivity index (χ0n) is 10.7. The minimum absolute atomic E-state index is 0.843. The average molecular weight is 222 g/mol. The molecule has 4 aliphatic rings. The van der Waals surface area contributed by atoms with E-state index in [1.165, 1.54) is 0 Å². The van der Waals surface area contributed by atoms with Crippen LogP contribution < -0.4 is 0 Å². The molecule has 0 amide bonds. The lowest BCUT2D eigenvalue weighted by atomic mass is 9.50. The van der Waals surface area contributed by atoms with Crippen LogP contribution in [0.25, 0.3) is 0 Å². The van der Waals surface area contributed by atoms with Gasteiger partial charge in [-0.25, -0.2) is 0 Å². The second-order valence-corrected chi connectivity index (χ2v) is 13.6. The van der Waals surface area contributed by atoms with Crippen molar-refractivity contribution in [3.63, 3.8) is 0 Å². The molecule has 0 saturated heterocycles. The molecule has 86 valence electrons. The van der Waals surface area contributed by atoms with E-state index in [4.69, 9.17) is 0 Å². The molecular weight excluding hydrogens is 196 g/mol. The second kappa shape index (κ2) is 3.12. The molecule has 0 aliphatic heterocycles. The molecule has 0 radical (unpaired) electrons. The topological polar surface area (TPSA) is 0 Å². The summed E-state index contributed by atoms with van der Waals surface area (Å²) in [6.45, 7) is 7.72. The molecule has 1 heteroatoms. The predicted molar refractivity (Wildman–Crippen MR) is 68.8 cm³/mol. The molecule has 0 atom stereocenters. The Bertz CT molecular complexity index is 226. The third kappa shape index (κ3) is 1.92. The monoisotopic (exact) mass is 222 g/mol. The summed E-state index contributed by atoms with van der Waals surface area (Å²) in [5.74, 6) is 3.44. The smallest absolute Gasteiger partial charge is 0.0448 e. The highest BCUT2D eigenvalue weighted by Gasteiger charge is 2.51. The Morgan fingerprint density at radius 1 is 0.867 bits per heavy atom. The summed E-state index contributed by atoms with van der Waals surface area (Å²) in [6.07, 6.45) is 9.65. The normalized spacial score (nSPS) is 48.6. The van der Waals surface area contributed by atoms with E-state index >= 15 is 0 Å². The number of hydrogen-bond acceptors (Lipinski definition) is 0. The highest BCUT2D eigenvalue weighted by Crippen LogP contribution is 2.62. The predicted octanol–water partition coefficient (Wildman–Crippen LogP) is 4.54. The van der Waals surface area contributed by atoms with Crippen LogP contribution in [0.5, 0.6) is 0 Å². The third-order valence-electron chi connectivity index (χ3n) is 5.07. The molecule has 0 aromatic rings. The highest BCUT2D eigenvalue weighted by atomic mass is 28.3. The van der Waals surface area contributed by atoms with Crippen LogP contribution in [0.4, 0.5) is 0 Å². The molecule has 0 spiro atoms. The summed E-state index contributed by atoms with van der Waals surface area (Å²) in [5, 5.41) is 0. The van der Waals surface area contributed by atoms with Gasteiger partial charge in [0, 0.05) is 8.07 Å². The van der Waals surface area contributed by atoms with Crippen molar-refractivity contribution in [3.8, 4) is 0 Å². The Balaban J connectivity index is 1.81. The standard InChI is InChI=1S/C14H26Si/c1-15(2,3)10-14-7-11-4-12(8-14)6-13(5-11)9-14/h11-13H,4-10H2,1-3H3. The maximum atomic E-state index is 2.57. The van der Waals surface area contributed by atoms with Gasteiger partial charge >= 0.3 is 0 Å². The van der Waals surface area contributed by atoms with Crippen LogP contribution in [0.1, 0.15) is 38.5 Å². The van der Waals surface area contributed by atoms with Crippen molar-refractivity contribution in [1.82, 2.24) is 0 Å². The van der Waals surface area contributed by atoms with Crippen molar-refractivity contribution >= 4 is 8.07 Å². The lowest BCUT2D eigenvalue weighted by Gasteiger charge is -2.58. The minimum Gasteiger partial charge on any atom is -0.0695 e. The zero-order chi connectivity index (χ0) is 10.7. The molecule has 0 aromatic carbocycles. The lowest BCUT2D eigenvalue weighted by molar-refractivity contribution is -0.0417. The minimum atomic E-state index is -0.843. The molecule has 0 N–H and O–H groups in total. The summed E-state index contributed by atoms with van der Waals surface area (Å²) in [6, 6.07) is 1.63. The van der Waals surface area contributed by atoms with E-state index in [0.717, 1.165) is 23.2 Å². The molecule has 4 bridgehead atoms. The fraction of sp³-hybridized carbons (Fsp3) is 1.00. The van der Waals surface area contributed by atoms with Gasteiger partial charge in [-0.3, -0.25) is 0 Å². The summed E-state index contributed by atoms with van der Waals surface area (Å²) >= 11 is 0. The zero-order valence-corrected chi connectivity index (χ0v) is 11.7. The number of rotatable bonds is 2. The van der Waals surface area contributed by atoms with E-state index in [1.807, 2.05) is 0 Å². The van der Waals surface area contributed by atoms with Gasteiger partial charge in [-0.1, -0.05) is 25.7 Å². The maximum Gasteiger partial charge on any atom is 0.0448 e. The van der Waals surface area contributed by atoms with Gasteiger partial charge in [0.05, 0.1) is 0 Å². The summed E-state index contributed by atoms with van der Waals surface area (Å²) in [7, 11) is -0.843. The Morgan fingerprint density at radius 2 is 1.27 bits per heavy atom. The Morgan fingerprint density at radius 3 is 1.60 bits per heavy atom. The first-order chi connectivity index (χ1) is 6.94. The van der Waals surface area contributed by atoms with Crippen LogP contribution in [0.3, 0.4) is 0 Å². The van der Waals surface area contributed by atoms with Crippen molar-refractivity contribution in [2.24, 2.45) is 23.2 Å². The summed E-state index contributed by atoms with van der Waals surface area (Å²) in [5.41, 5.74) is 0.846. The quantitative estimate of drug-likeness (QED) is 0.602. The Hall–Kier alpha value is 0.217. The van der Waals surface area contributed by atoms with E-state index in [2.05, 4.69) is 19.6 Å². The molecule has 0 aromatic heterocycles. The number of hydrogen-bond donors (Lipinski definition) is 0. The van der Waals surface area contributed by atoms with E-state index in [1.54, 1.807) is 44.6 Å². The molecule has 15 heavy (non-hydrogen) atoms. The van der Waals surface area contributed by atoms with Crippen molar-refractivity contribution in [2.75, 3.05) is 0 Å². The van der Waals surface area contributed by atoms with Gasteiger partial charge in [0.25, 0.3) is 0 Å². The molecule has 4 aliphatic carbocycles. The van der Waals surface area contributed by atoms with Gasteiger partial charge in [-0.05, 0) is 61.7 Å². The molecule has 4 saturated carbocycles. The summed E-state index contributed by atoms with van der Waals surface area (Å²) in [4.78, 5) is 0. The Labute approximate surface area is 95.8 Å². The van der Waals surface area contributed by atoms with Gasteiger partial charge in [0.2, 0.25) is 0 Å². The van der Waals surface area contributed by atoms with Gasteiger partial charge in [0.15, 0.2) is 0 Å². The van der Waals surface area contributed by atoms with Crippen molar-refractivity contribution in [2.45, 2.75) is 64.2 Å². The Kier molecular flexibility index (Phi) is 2.16. The first-order valence-corrected chi connectivity index (χ1v) is 10.6. The first-order valence-electron chi connectivity index (χ1n) is 6.94. The fourth-order valence-electron chi connectivity index (χ4n) is 5.63. The van der Waals surface area contributed by atoms with Crippen LogP contribution in [-0.4, -0.2) is 8.07 Å².